The smallest absolute Gasteiger partial charge is 0.222 e. The molecule has 3 heterocycles. The average molecular weight is 304 g/mol. The van der Waals surface area contributed by atoms with Crippen molar-refractivity contribution >= 4 is 11.7 Å². The van der Waals surface area contributed by atoms with Gasteiger partial charge in [0.15, 0.2) is 0 Å². The molecule has 6 nitrogen and oxygen atoms in total. The highest BCUT2D eigenvalue weighted by atomic mass is 16.5. The van der Waals surface area contributed by atoms with Crippen molar-refractivity contribution in [3.05, 3.63) is 17.3 Å². The average Bonchev–Trinajstić information content (AvgIpc) is 3.05. The fourth-order valence-corrected chi connectivity index (χ4v) is 3.12. The zero-order valence-corrected chi connectivity index (χ0v) is 13.2. The number of fused-ring (bicyclic) bond motifs is 1. The van der Waals surface area contributed by atoms with Gasteiger partial charge in [-0.1, -0.05) is 0 Å². The van der Waals surface area contributed by atoms with E-state index in [2.05, 4.69) is 15.5 Å². The maximum Gasteiger partial charge on any atom is 0.222 e. The molecule has 2 aliphatic rings. The monoisotopic (exact) mass is 304 g/mol. The van der Waals surface area contributed by atoms with Crippen LogP contribution in [0.2, 0.25) is 0 Å². The van der Waals surface area contributed by atoms with Gasteiger partial charge in [0.1, 0.15) is 5.82 Å². The normalized spacial score (nSPS) is 20.8. The molecule has 0 saturated carbocycles. The van der Waals surface area contributed by atoms with Crippen molar-refractivity contribution in [2.24, 2.45) is 0 Å². The van der Waals surface area contributed by atoms with Crippen molar-refractivity contribution in [3.8, 4) is 0 Å². The molecule has 0 unspecified atom stereocenters. The van der Waals surface area contributed by atoms with Crippen molar-refractivity contribution in [3.63, 3.8) is 0 Å². The van der Waals surface area contributed by atoms with Crippen LogP contribution in [-0.2, 0) is 22.5 Å². The molecule has 22 heavy (non-hydrogen) atoms. The predicted molar refractivity (Wildman–Crippen MR) is 83.5 cm³/mol. The Morgan fingerprint density at radius 3 is 3.18 bits per heavy atom. The van der Waals surface area contributed by atoms with Gasteiger partial charge in [-0.25, -0.2) is 0 Å². The molecule has 1 saturated heterocycles. The van der Waals surface area contributed by atoms with Gasteiger partial charge in [-0.3, -0.25) is 4.79 Å². The van der Waals surface area contributed by atoms with E-state index in [1.807, 2.05) is 17.9 Å². The second-order valence-electron chi connectivity index (χ2n) is 5.97. The van der Waals surface area contributed by atoms with Crippen molar-refractivity contribution in [2.75, 3.05) is 25.0 Å². The molecule has 120 valence electrons. The molecule has 6 heteroatoms. The van der Waals surface area contributed by atoms with Gasteiger partial charge in [-0.05, 0) is 37.8 Å². The number of rotatable bonds is 5. The lowest BCUT2D eigenvalue weighted by Crippen LogP contribution is -2.36. The van der Waals surface area contributed by atoms with Gasteiger partial charge < -0.3 is 15.0 Å². The molecule has 0 radical (unpaired) electrons. The van der Waals surface area contributed by atoms with Gasteiger partial charge in [-0.15, -0.1) is 5.10 Å². The first-order chi connectivity index (χ1) is 10.8. The van der Waals surface area contributed by atoms with Crippen molar-refractivity contribution in [2.45, 2.75) is 51.7 Å². The number of anilines is 1. The van der Waals surface area contributed by atoms with Crippen molar-refractivity contribution in [1.29, 1.82) is 0 Å². The van der Waals surface area contributed by atoms with Crippen LogP contribution in [0.5, 0.6) is 0 Å². The quantitative estimate of drug-likeness (QED) is 0.897. The number of amides is 1. The molecule has 1 N–H and O–H groups in total. The SMILES string of the molecule is CCNc1cc2c(nn1)CCN(C(=O)CC[C@@H]1CCCO1)C2. The lowest BCUT2D eigenvalue weighted by molar-refractivity contribution is -0.132. The maximum absolute atomic E-state index is 12.4. The molecule has 1 amide bonds. The fourth-order valence-electron chi connectivity index (χ4n) is 3.12. The van der Waals surface area contributed by atoms with Gasteiger partial charge in [0.05, 0.1) is 11.8 Å². The molecule has 1 aromatic heterocycles. The van der Waals surface area contributed by atoms with Gasteiger partial charge >= 0.3 is 0 Å². The Balaban J connectivity index is 1.57. The van der Waals surface area contributed by atoms with Crippen LogP contribution in [0.25, 0.3) is 0 Å². The number of carbonyl (C=O) groups excluding carboxylic acids is 1. The van der Waals surface area contributed by atoms with E-state index in [9.17, 15) is 4.79 Å². The Kier molecular flexibility index (Phi) is 4.87. The van der Waals surface area contributed by atoms with Gasteiger partial charge in [0.25, 0.3) is 0 Å². The Hall–Kier alpha value is -1.69. The third-order valence-electron chi connectivity index (χ3n) is 4.35. The molecule has 1 fully saturated rings. The van der Waals surface area contributed by atoms with Crippen LogP contribution in [0.4, 0.5) is 5.82 Å². The molecule has 0 bridgehead atoms. The summed E-state index contributed by atoms with van der Waals surface area (Å²) < 4.78 is 5.59. The van der Waals surface area contributed by atoms with E-state index in [0.29, 0.717) is 13.0 Å². The van der Waals surface area contributed by atoms with E-state index in [-0.39, 0.29) is 12.0 Å². The minimum absolute atomic E-state index is 0.225. The number of hydrogen-bond acceptors (Lipinski definition) is 5. The first-order valence-corrected chi connectivity index (χ1v) is 8.25. The van der Waals surface area contributed by atoms with Crippen LogP contribution in [0.15, 0.2) is 6.07 Å². The van der Waals surface area contributed by atoms with E-state index in [0.717, 1.165) is 62.5 Å². The van der Waals surface area contributed by atoms with Gasteiger partial charge in [0, 0.05) is 39.1 Å². The third-order valence-corrected chi connectivity index (χ3v) is 4.35. The summed E-state index contributed by atoms with van der Waals surface area (Å²) in [6.07, 6.45) is 4.73. The summed E-state index contributed by atoms with van der Waals surface area (Å²) in [6.45, 7) is 5.08. The molecule has 3 rings (SSSR count). The second-order valence-corrected chi connectivity index (χ2v) is 5.97. The lowest BCUT2D eigenvalue weighted by atomic mass is 10.0. The second kappa shape index (κ2) is 7.05. The lowest BCUT2D eigenvalue weighted by Gasteiger charge is -2.28. The Morgan fingerprint density at radius 1 is 1.50 bits per heavy atom. The van der Waals surface area contributed by atoms with Crippen LogP contribution in [0.3, 0.4) is 0 Å². The highest BCUT2D eigenvalue weighted by molar-refractivity contribution is 5.76. The highest BCUT2D eigenvalue weighted by Gasteiger charge is 2.24. The summed E-state index contributed by atoms with van der Waals surface area (Å²) in [7, 11) is 0. The highest BCUT2D eigenvalue weighted by Crippen LogP contribution is 2.21. The summed E-state index contributed by atoms with van der Waals surface area (Å²) in [4.78, 5) is 14.3. The Morgan fingerprint density at radius 2 is 2.41 bits per heavy atom. The maximum atomic E-state index is 12.4. The topological polar surface area (TPSA) is 67.4 Å². The molecular formula is C16H24N4O2. The molecule has 0 aromatic carbocycles. The van der Waals surface area contributed by atoms with Crippen LogP contribution in [-0.4, -0.2) is 46.8 Å². The van der Waals surface area contributed by atoms with Gasteiger partial charge in [0.2, 0.25) is 5.91 Å². The van der Waals surface area contributed by atoms with Crippen molar-refractivity contribution in [1.82, 2.24) is 15.1 Å². The number of hydrogen-bond donors (Lipinski definition) is 1. The third kappa shape index (κ3) is 3.55. The van der Waals surface area contributed by atoms with E-state index >= 15 is 0 Å². The zero-order chi connectivity index (χ0) is 15.4. The van der Waals surface area contributed by atoms with Crippen LogP contribution in [0, 0.1) is 0 Å². The zero-order valence-electron chi connectivity index (χ0n) is 13.2. The number of nitrogens with zero attached hydrogens (tertiary/aromatic N) is 3. The first-order valence-electron chi connectivity index (χ1n) is 8.25. The summed E-state index contributed by atoms with van der Waals surface area (Å²) >= 11 is 0. The Bertz CT molecular complexity index is 529. The minimum Gasteiger partial charge on any atom is -0.378 e. The summed E-state index contributed by atoms with van der Waals surface area (Å²) in [5.41, 5.74) is 2.13. The first kappa shape index (κ1) is 15.2. The number of ether oxygens (including phenoxy) is 1. The molecule has 0 spiro atoms. The molecule has 0 aliphatic carbocycles. The molecule has 1 atom stereocenters. The minimum atomic E-state index is 0.225. The molecular weight excluding hydrogens is 280 g/mol. The number of carbonyl (C=O) groups is 1. The van der Waals surface area contributed by atoms with E-state index in [1.165, 1.54) is 0 Å². The standard InChI is InChI=1S/C16H24N4O2/c1-2-17-15-10-12-11-20(8-7-14(12)18-19-15)16(21)6-5-13-4-3-9-22-13/h10,13H,2-9,11H2,1H3,(H,17,19)/t13-/m0/s1. The summed E-state index contributed by atoms with van der Waals surface area (Å²) in [6, 6.07) is 2.02. The van der Waals surface area contributed by atoms with Crippen molar-refractivity contribution < 1.29 is 9.53 Å². The largest absolute Gasteiger partial charge is 0.378 e. The number of aromatic nitrogens is 2. The van der Waals surface area contributed by atoms with Crippen LogP contribution >= 0.6 is 0 Å². The number of nitrogens with one attached hydrogen (secondary N) is 1. The molecule has 1 aromatic rings. The van der Waals surface area contributed by atoms with E-state index in [1.54, 1.807) is 0 Å². The van der Waals surface area contributed by atoms with Crippen LogP contribution in [0.1, 0.15) is 43.9 Å². The predicted octanol–water partition coefficient (Wildman–Crippen LogP) is 1.75. The van der Waals surface area contributed by atoms with Gasteiger partial charge in [-0.2, -0.15) is 5.10 Å². The molecule has 2 aliphatic heterocycles. The fraction of sp³-hybridized carbons (Fsp3) is 0.688. The summed E-state index contributed by atoms with van der Waals surface area (Å²) in [5.74, 6) is 1.01. The van der Waals surface area contributed by atoms with E-state index < -0.39 is 0 Å². The Labute approximate surface area is 131 Å². The van der Waals surface area contributed by atoms with E-state index in [4.69, 9.17) is 4.74 Å². The summed E-state index contributed by atoms with van der Waals surface area (Å²) in [5, 5.41) is 11.6. The van der Waals surface area contributed by atoms with Crippen LogP contribution < -0.4 is 5.32 Å².